The largest absolute Gasteiger partial charge is 0.331 e. The number of amides is 4. The summed E-state index contributed by atoms with van der Waals surface area (Å²) in [4.78, 5) is 47.0. The van der Waals surface area contributed by atoms with Crippen molar-refractivity contribution < 1.29 is 14.4 Å². The topological polar surface area (TPSA) is 92.3 Å². The van der Waals surface area contributed by atoms with E-state index in [1.54, 1.807) is 12.4 Å². The van der Waals surface area contributed by atoms with Crippen LogP contribution in [0.15, 0.2) is 59.9 Å². The Morgan fingerprint density at radius 1 is 1.03 bits per heavy atom. The number of rotatable bonds is 5. The lowest BCUT2D eigenvalue weighted by Crippen LogP contribution is -2.54. The lowest BCUT2D eigenvalue weighted by atomic mass is 9.97. The van der Waals surface area contributed by atoms with Gasteiger partial charge >= 0.3 is 6.03 Å². The van der Waals surface area contributed by atoms with Crippen LogP contribution in [0.5, 0.6) is 0 Å². The van der Waals surface area contributed by atoms with Gasteiger partial charge in [0.2, 0.25) is 0 Å². The molecule has 0 atom stereocenters. The molecule has 1 fully saturated rings. The highest BCUT2D eigenvalue weighted by Gasteiger charge is 2.35. The molecular formula is C23H22N4O3. The maximum atomic E-state index is 12.8. The number of nitrogens with zero attached hydrogens (tertiary/aromatic N) is 3. The average Bonchev–Trinajstić information content (AvgIpc) is 2.78. The van der Waals surface area contributed by atoms with E-state index < -0.39 is 17.8 Å². The number of hydrogen-bond donors (Lipinski definition) is 1. The third-order valence-electron chi connectivity index (χ3n) is 5.24. The van der Waals surface area contributed by atoms with Crippen molar-refractivity contribution in [1.29, 1.82) is 0 Å². The molecule has 2 heterocycles. The van der Waals surface area contributed by atoms with Gasteiger partial charge < -0.3 is 0 Å². The third kappa shape index (κ3) is 4.35. The molecule has 0 unspecified atom stereocenters. The fourth-order valence-electron chi connectivity index (χ4n) is 3.60. The molecule has 7 nitrogen and oxygen atoms in total. The number of barbiturate groups is 1. The number of benzene rings is 1. The second-order valence-corrected chi connectivity index (χ2v) is 7.34. The van der Waals surface area contributed by atoms with Crippen LogP contribution in [0.25, 0.3) is 17.5 Å². The summed E-state index contributed by atoms with van der Waals surface area (Å²) in [6.45, 7) is 0.255. The number of hydrogen-bond acceptors (Lipinski definition) is 5. The molecule has 0 saturated carbocycles. The van der Waals surface area contributed by atoms with Gasteiger partial charge in [-0.05, 0) is 38.2 Å². The Kier molecular flexibility index (Phi) is 5.79. The number of urea groups is 1. The highest BCUT2D eigenvalue weighted by molar-refractivity contribution is 6.31. The molecule has 0 spiro atoms. The van der Waals surface area contributed by atoms with E-state index in [-0.39, 0.29) is 12.1 Å². The molecule has 4 amide bonds. The fraction of sp³-hybridized carbons (Fsp3) is 0.261. The van der Waals surface area contributed by atoms with Gasteiger partial charge in [0.15, 0.2) is 5.82 Å². The van der Waals surface area contributed by atoms with Gasteiger partial charge in [0, 0.05) is 30.1 Å². The molecule has 0 radical (unpaired) electrons. The van der Waals surface area contributed by atoms with Crippen LogP contribution in [0.3, 0.4) is 0 Å². The van der Waals surface area contributed by atoms with Crippen molar-refractivity contribution in [2.24, 2.45) is 0 Å². The Morgan fingerprint density at radius 2 is 1.80 bits per heavy atom. The predicted octanol–water partition coefficient (Wildman–Crippen LogP) is 3.50. The molecule has 1 aromatic heterocycles. The van der Waals surface area contributed by atoms with Gasteiger partial charge in [-0.15, -0.1) is 0 Å². The number of carbonyl (C=O) groups is 3. The second-order valence-electron chi connectivity index (χ2n) is 7.34. The normalized spacial score (nSPS) is 18.4. The number of aromatic nitrogens is 2. The van der Waals surface area contributed by atoms with Crippen LogP contribution >= 0.6 is 0 Å². The molecule has 1 saturated heterocycles. The minimum Gasteiger partial charge on any atom is -0.273 e. The van der Waals surface area contributed by atoms with E-state index in [1.807, 2.05) is 30.3 Å². The smallest absolute Gasteiger partial charge is 0.273 e. The SMILES string of the molecule is O=C1NC(=O)N(CCC2=CCCCC2)C(=O)/C1=C/c1cnc(-c2ccccc2)nc1. The zero-order valence-corrected chi connectivity index (χ0v) is 16.5. The highest BCUT2D eigenvalue weighted by atomic mass is 16.2. The van der Waals surface area contributed by atoms with Crippen LogP contribution in [0.4, 0.5) is 4.79 Å². The molecule has 7 heteroatoms. The van der Waals surface area contributed by atoms with Crippen molar-refractivity contribution >= 4 is 23.9 Å². The van der Waals surface area contributed by atoms with E-state index in [2.05, 4.69) is 21.4 Å². The Balaban J connectivity index is 1.51. The average molecular weight is 402 g/mol. The number of nitrogens with one attached hydrogen (secondary N) is 1. The molecule has 4 rings (SSSR count). The molecule has 1 N–H and O–H groups in total. The van der Waals surface area contributed by atoms with Crippen molar-refractivity contribution in [3.63, 3.8) is 0 Å². The van der Waals surface area contributed by atoms with Crippen molar-refractivity contribution in [2.45, 2.75) is 32.1 Å². The fourth-order valence-corrected chi connectivity index (χ4v) is 3.60. The van der Waals surface area contributed by atoms with E-state index >= 15 is 0 Å². The van der Waals surface area contributed by atoms with Crippen LogP contribution in [0.1, 0.15) is 37.7 Å². The van der Waals surface area contributed by atoms with E-state index in [0.29, 0.717) is 17.8 Å². The summed E-state index contributed by atoms with van der Waals surface area (Å²) in [5.74, 6) is -0.743. The summed E-state index contributed by atoms with van der Waals surface area (Å²) in [5, 5.41) is 2.25. The van der Waals surface area contributed by atoms with E-state index in [0.717, 1.165) is 29.7 Å². The van der Waals surface area contributed by atoms with Gasteiger partial charge in [-0.1, -0.05) is 42.0 Å². The Labute approximate surface area is 174 Å². The summed E-state index contributed by atoms with van der Waals surface area (Å²) in [7, 11) is 0. The van der Waals surface area contributed by atoms with Gasteiger partial charge in [0.25, 0.3) is 11.8 Å². The minimum atomic E-state index is -0.703. The molecule has 2 aliphatic rings. The number of carbonyl (C=O) groups excluding carboxylic acids is 3. The summed E-state index contributed by atoms with van der Waals surface area (Å²) >= 11 is 0. The number of allylic oxidation sites excluding steroid dienone is 1. The Hall–Kier alpha value is -3.61. The monoisotopic (exact) mass is 402 g/mol. The van der Waals surface area contributed by atoms with Crippen LogP contribution in [-0.2, 0) is 9.59 Å². The first kappa shape index (κ1) is 19.7. The standard InChI is InChI=1S/C23H22N4O3/c28-21-19(13-17-14-24-20(25-15-17)18-9-5-2-6-10-18)22(29)27(23(30)26-21)12-11-16-7-3-1-4-8-16/h2,5-7,9-10,13-15H,1,3-4,8,11-12H2,(H,26,28,30)/b19-13+. The molecule has 2 aromatic rings. The van der Waals surface area contributed by atoms with E-state index in [4.69, 9.17) is 0 Å². The van der Waals surface area contributed by atoms with Gasteiger partial charge in [0.05, 0.1) is 0 Å². The Bertz CT molecular complexity index is 1030. The summed E-state index contributed by atoms with van der Waals surface area (Å²) < 4.78 is 0. The van der Waals surface area contributed by atoms with Crippen LogP contribution < -0.4 is 5.32 Å². The van der Waals surface area contributed by atoms with E-state index in [9.17, 15) is 14.4 Å². The molecular weight excluding hydrogens is 380 g/mol. The lowest BCUT2D eigenvalue weighted by molar-refractivity contribution is -0.130. The maximum absolute atomic E-state index is 12.8. The van der Waals surface area contributed by atoms with Gasteiger partial charge in [-0.2, -0.15) is 0 Å². The first-order valence-corrected chi connectivity index (χ1v) is 10.1. The van der Waals surface area contributed by atoms with Crippen LogP contribution in [0.2, 0.25) is 0 Å². The summed E-state index contributed by atoms with van der Waals surface area (Å²) in [5.41, 5.74) is 2.55. The third-order valence-corrected chi connectivity index (χ3v) is 5.24. The molecule has 1 aromatic carbocycles. The molecule has 152 valence electrons. The minimum absolute atomic E-state index is 0.0942. The highest BCUT2D eigenvalue weighted by Crippen LogP contribution is 2.22. The second kappa shape index (κ2) is 8.82. The summed E-state index contributed by atoms with van der Waals surface area (Å²) in [6.07, 6.45) is 11.7. The van der Waals surface area contributed by atoms with Crippen molar-refractivity contribution in [1.82, 2.24) is 20.2 Å². The van der Waals surface area contributed by atoms with Crippen LogP contribution in [-0.4, -0.2) is 39.3 Å². The van der Waals surface area contributed by atoms with E-state index in [1.165, 1.54) is 18.1 Å². The Morgan fingerprint density at radius 3 is 2.50 bits per heavy atom. The van der Waals surface area contributed by atoms with Gasteiger partial charge in [-0.25, -0.2) is 14.8 Å². The van der Waals surface area contributed by atoms with Gasteiger partial charge in [-0.3, -0.25) is 19.8 Å². The quantitative estimate of drug-likeness (QED) is 0.469. The van der Waals surface area contributed by atoms with Gasteiger partial charge in [0.1, 0.15) is 5.57 Å². The zero-order valence-electron chi connectivity index (χ0n) is 16.5. The lowest BCUT2D eigenvalue weighted by Gasteiger charge is -2.27. The summed E-state index contributed by atoms with van der Waals surface area (Å²) in [6, 6.07) is 8.83. The zero-order chi connectivity index (χ0) is 20.9. The molecule has 30 heavy (non-hydrogen) atoms. The first-order valence-electron chi connectivity index (χ1n) is 10.1. The van der Waals surface area contributed by atoms with Crippen molar-refractivity contribution in [3.05, 3.63) is 65.5 Å². The number of imide groups is 2. The first-order chi connectivity index (χ1) is 14.6. The van der Waals surface area contributed by atoms with Crippen LogP contribution in [0, 0.1) is 0 Å². The molecule has 1 aliphatic carbocycles. The van der Waals surface area contributed by atoms with Crippen molar-refractivity contribution in [2.75, 3.05) is 6.54 Å². The maximum Gasteiger partial charge on any atom is 0.331 e. The van der Waals surface area contributed by atoms with Crippen molar-refractivity contribution in [3.8, 4) is 11.4 Å². The predicted molar refractivity (Wildman–Crippen MR) is 112 cm³/mol. The molecule has 0 bridgehead atoms. The molecule has 1 aliphatic heterocycles.